The number of aliphatic hydroxyl groups excluding tert-OH is 7. The van der Waals surface area contributed by atoms with Gasteiger partial charge in [-0.2, -0.15) is 0 Å². The third kappa shape index (κ3) is 30.1. The van der Waals surface area contributed by atoms with Crippen LogP contribution in [0.15, 0.2) is 12.2 Å². The normalized spacial score (nSPS) is 21.3. The molecule has 1 fully saturated rings. The van der Waals surface area contributed by atoms with Crippen molar-refractivity contribution in [3.05, 3.63) is 12.2 Å². The first-order valence-corrected chi connectivity index (χ1v) is 26.1. The fourth-order valence-electron chi connectivity index (χ4n) is 8.50. The van der Waals surface area contributed by atoms with E-state index in [0.717, 1.165) is 51.4 Å². The van der Waals surface area contributed by atoms with E-state index in [1.54, 1.807) is 0 Å². The number of unbranched alkanes of at least 4 members (excludes halogenated alkanes) is 30. The van der Waals surface area contributed by atoms with Crippen LogP contribution < -0.4 is 5.32 Å². The first-order chi connectivity index (χ1) is 30.2. The second kappa shape index (κ2) is 41.3. The van der Waals surface area contributed by atoms with Gasteiger partial charge in [0.15, 0.2) is 6.29 Å². The highest BCUT2D eigenvalue weighted by Crippen LogP contribution is 2.23. The molecular weight excluding hydrogens is 787 g/mol. The van der Waals surface area contributed by atoms with E-state index in [2.05, 4.69) is 31.3 Å². The first kappa shape index (κ1) is 58.9. The lowest BCUT2D eigenvalue weighted by Crippen LogP contribution is -2.60. The topological polar surface area (TPSA) is 189 Å². The SMILES string of the molecule is CCCCCCCC/C=C\CCCCCCCCC(O)C(=O)NC(COC1OC(CO)C(O)C(O)C1O)C(O)C(O)CCCCCCCCCCCCCCCCCCCCC. The fourth-order valence-corrected chi connectivity index (χ4v) is 8.50. The summed E-state index contributed by atoms with van der Waals surface area (Å²) in [5.41, 5.74) is 0. The molecule has 0 aromatic heterocycles. The van der Waals surface area contributed by atoms with Crippen LogP contribution in [0.5, 0.6) is 0 Å². The highest BCUT2D eigenvalue weighted by molar-refractivity contribution is 5.80. The standard InChI is InChI=1S/C51H99NO10/c1-3-5-7-9-11-13-15-17-19-21-22-23-25-26-28-30-32-34-36-38-43(54)46(56)42(41-61-51-49(59)48(58)47(57)45(40-53)62-51)52-50(60)44(55)39-37-35-33-31-29-27-24-20-18-16-14-12-10-8-6-4-2/h18,20,42-49,51,53-59H,3-17,19,21-41H2,1-2H3,(H,52,60)/b20-18-. The maximum Gasteiger partial charge on any atom is 0.249 e. The number of carbonyl (C=O) groups excluding carboxylic acids is 1. The van der Waals surface area contributed by atoms with Gasteiger partial charge < -0.3 is 50.5 Å². The van der Waals surface area contributed by atoms with Crippen molar-refractivity contribution in [1.29, 1.82) is 0 Å². The van der Waals surface area contributed by atoms with Gasteiger partial charge in [0, 0.05) is 0 Å². The largest absolute Gasteiger partial charge is 0.394 e. The third-order valence-electron chi connectivity index (χ3n) is 12.8. The van der Waals surface area contributed by atoms with E-state index >= 15 is 0 Å². The second-order valence-electron chi connectivity index (χ2n) is 18.6. The van der Waals surface area contributed by atoms with Gasteiger partial charge in [-0.1, -0.05) is 212 Å². The van der Waals surface area contributed by atoms with Gasteiger partial charge in [0.05, 0.1) is 25.4 Å². The van der Waals surface area contributed by atoms with Crippen LogP contribution in [0.2, 0.25) is 0 Å². The summed E-state index contributed by atoms with van der Waals surface area (Å²) in [6, 6.07) is -1.17. The molecule has 62 heavy (non-hydrogen) atoms. The third-order valence-corrected chi connectivity index (χ3v) is 12.8. The van der Waals surface area contributed by atoms with Crippen LogP contribution in [0.25, 0.3) is 0 Å². The molecule has 0 aromatic carbocycles. The second-order valence-corrected chi connectivity index (χ2v) is 18.6. The van der Waals surface area contributed by atoms with E-state index < -0.39 is 74.2 Å². The van der Waals surface area contributed by atoms with Crippen molar-refractivity contribution in [2.45, 2.75) is 294 Å². The molecule has 1 rings (SSSR count). The molecule has 0 aliphatic carbocycles. The van der Waals surface area contributed by atoms with E-state index in [-0.39, 0.29) is 6.42 Å². The van der Waals surface area contributed by atoms with Crippen molar-refractivity contribution in [1.82, 2.24) is 5.32 Å². The molecular formula is C51H99NO10. The van der Waals surface area contributed by atoms with Crippen LogP contribution in [0.4, 0.5) is 0 Å². The zero-order chi connectivity index (χ0) is 45.5. The summed E-state index contributed by atoms with van der Waals surface area (Å²) in [6.45, 7) is 3.46. The van der Waals surface area contributed by atoms with Gasteiger partial charge in [-0.3, -0.25) is 4.79 Å². The molecule has 368 valence electrons. The fraction of sp³-hybridized carbons (Fsp3) is 0.941. The number of allylic oxidation sites excluding steroid dienone is 2. The minimum Gasteiger partial charge on any atom is -0.394 e. The first-order valence-electron chi connectivity index (χ1n) is 26.1. The van der Waals surface area contributed by atoms with E-state index in [1.807, 2.05) is 0 Å². The average Bonchev–Trinajstić information content (AvgIpc) is 3.27. The van der Waals surface area contributed by atoms with Gasteiger partial charge in [-0.15, -0.1) is 0 Å². The molecule has 1 aliphatic heterocycles. The lowest BCUT2D eigenvalue weighted by molar-refractivity contribution is -0.303. The van der Waals surface area contributed by atoms with Crippen LogP contribution in [0.1, 0.15) is 239 Å². The average molecular weight is 886 g/mol. The summed E-state index contributed by atoms with van der Waals surface area (Å²) in [6.07, 6.45) is 33.9. The van der Waals surface area contributed by atoms with Gasteiger partial charge in [0.1, 0.15) is 36.6 Å². The van der Waals surface area contributed by atoms with Gasteiger partial charge in [0.2, 0.25) is 5.91 Å². The molecule has 0 spiro atoms. The molecule has 11 nitrogen and oxygen atoms in total. The molecule has 8 N–H and O–H groups in total. The Balaban J connectivity index is 2.38. The highest BCUT2D eigenvalue weighted by atomic mass is 16.7. The van der Waals surface area contributed by atoms with Crippen molar-refractivity contribution in [2.24, 2.45) is 0 Å². The number of hydrogen-bond donors (Lipinski definition) is 8. The molecule has 1 heterocycles. The summed E-state index contributed by atoms with van der Waals surface area (Å²) in [4.78, 5) is 13.1. The summed E-state index contributed by atoms with van der Waals surface area (Å²) < 4.78 is 11.1. The number of aliphatic hydroxyl groups is 7. The number of carbonyl (C=O) groups is 1. The van der Waals surface area contributed by atoms with Gasteiger partial charge in [-0.05, 0) is 38.5 Å². The van der Waals surface area contributed by atoms with Crippen LogP contribution >= 0.6 is 0 Å². The monoisotopic (exact) mass is 886 g/mol. The minimum atomic E-state index is -1.66. The van der Waals surface area contributed by atoms with Crippen molar-refractivity contribution in [2.75, 3.05) is 13.2 Å². The Hall–Kier alpha value is -1.15. The van der Waals surface area contributed by atoms with Gasteiger partial charge in [0.25, 0.3) is 0 Å². The quantitative estimate of drug-likeness (QED) is 0.0216. The van der Waals surface area contributed by atoms with E-state index in [4.69, 9.17) is 9.47 Å². The Morgan fingerprint density at radius 3 is 1.35 bits per heavy atom. The molecule has 0 radical (unpaired) electrons. The van der Waals surface area contributed by atoms with Crippen molar-refractivity contribution >= 4 is 5.91 Å². The van der Waals surface area contributed by atoms with Gasteiger partial charge >= 0.3 is 0 Å². The highest BCUT2D eigenvalue weighted by Gasteiger charge is 2.44. The predicted octanol–water partition coefficient (Wildman–Crippen LogP) is 9.62. The van der Waals surface area contributed by atoms with Crippen molar-refractivity contribution in [3.63, 3.8) is 0 Å². The van der Waals surface area contributed by atoms with Crippen LogP contribution in [0.3, 0.4) is 0 Å². The molecule has 0 aromatic rings. The maximum atomic E-state index is 13.1. The predicted molar refractivity (Wildman–Crippen MR) is 252 cm³/mol. The summed E-state index contributed by atoms with van der Waals surface area (Å²) >= 11 is 0. The Kier molecular flexibility index (Phi) is 39.2. The van der Waals surface area contributed by atoms with Crippen LogP contribution in [-0.4, -0.2) is 110 Å². The smallest absolute Gasteiger partial charge is 0.249 e. The molecule has 1 saturated heterocycles. The van der Waals surface area contributed by atoms with E-state index in [0.29, 0.717) is 19.3 Å². The molecule has 0 bridgehead atoms. The molecule has 1 amide bonds. The number of rotatable bonds is 44. The Morgan fingerprint density at radius 1 is 0.548 bits per heavy atom. The van der Waals surface area contributed by atoms with Crippen LogP contribution in [-0.2, 0) is 14.3 Å². The van der Waals surface area contributed by atoms with Crippen LogP contribution in [0, 0.1) is 0 Å². The lowest BCUT2D eigenvalue weighted by Gasteiger charge is -2.40. The molecule has 11 heteroatoms. The Bertz CT molecular complexity index is 1020. The van der Waals surface area contributed by atoms with Crippen molar-refractivity contribution < 1.29 is 50.0 Å². The van der Waals surface area contributed by atoms with E-state index in [9.17, 15) is 40.5 Å². The Morgan fingerprint density at radius 2 is 0.935 bits per heavy atom. The number of nitrogens with one attached hydrogen (secondary N) is 1. The number of ether oxygens (including phenoxy) is 2. The molecule has 1 aliphatic rings. The summed E-state index contributed by atoms with van der Waals surface area (Å²) in [5, 5.41) is 75.9. The number of hydrogen-bond acceptors (Lipinski definition) is 10. The maximum absolute atomic E-state index is 13.1. The zero-order valence-corrected chi connectivity index (χ0v) is 39.9. The zero-order valence-electron chi connectivity index (χ0n) is 39.9. The van der Waals surface area contributed by atoms with E-state index in [1.165, 1.54) is 148 Å². The Labute approximate surface area is 379 Å². The minimum absolute atomic E-state index is 0.255. The molecule has 9 atom stereocenters. The lowest BCUT2D eigenvalue weighted by atomic mass is 9.98. The van der Waals surface area contributed by atoms with Crippen molar-refractivity contribution in [3.8, 4) is 0 Å². The number of amides is 1. The summed E-state index contributed by atoms with van der Waals surface area (Å²) in [7, 11) is 0. The molecule has 0 saturated carbocycles. The van der Waals surface area contributed by atoms with Gasteiger partial charge in [-0.25, -0.2) is 0 Å². The summed E-state index contributed by atoms with van der Waals surface area (Å²) in [5.74, 6) is -0.699. The molecule has 9 unspecified atom stereocenters.